The van der Waals surface area contributed by atoms with Gasteiger partial charge in [0.1, 0.15) is 24.4 Å². The van der Waals surface area contributed by atoms with Gasteiger partial charge in [0.25, 0.3) is 5.56 Å². The quantitative estimate of drug-likeness (QED) is 0.104. The van der Waals surface area contributed by atoms with Crippen LogP contribution in [-0.4, -0.2) is 67.2 Å². The van der Waals surface area contributed by atoms with Gasteiger partial charge in [0.2, 0.25) is 11.9 Å². The third-order valence-electron chi connectivity index (χ3n) is 8.36. The Morgan fingerprint density at radius 1 is 0.935 bits per heavy atom. The summed E-state index contributed by atoms with van der Waals surface area (Å²) in [4.78, 5) is 47.8. The van der Waals surface area contributed by atoms with Crippen LogP contribution in [0.1, 0.15) is 36.8 Å². The molecule has 4 N–H and O–H groups in total. The molecule has 3 aromatic carbocycles. The molecule has 0 radical (unpaired) electrons. The van der Waals surface area contributed by atoms with Gasteiger partial charge < -0.3 is 14.9 Å². The lowest BCUT2D eigenvalue weighted by molar-refractivity contribution is -0.335. The van der Waals surface area contributed by atoms with Crippen LogP contribution in [0.15, 0.2) is 102 Å². The highest BCUT2D eigenvalue weighted by Gasteiger charge is 2.57. The number of imidazole rings is 1. The minimum absolute atomic E-state index is 0.0341. The molecule has 0 bridgehead atoms. The SMILES string of the molecule is COOC([C@H]1O[C@@H](n2cnc3c(=O)[nH]c(NC(=O)C(C)C)nc32)[C@H](O)[C@@H]1O)C(c1ccccc1)(c1ccccc1)c1ccccc1. The van der Waals surface area contributed by atoms with Crippen molar-refractivity contribution in [2.24, 2.45) is 5.92 Å². The number of aromatic nitrogens is 4. The molecule has 1 aliphatic heterocycles. The molecule has 0 spiro atoms. The molecule has 3 heterocycles. The van der Waals surface area contributed by atoms with Crippen molar-refractivity contribution < 1.29 is 29.5 Å². The number of hydrogen-bond donors (Lipinski definition) is 4. The van der Waals surface area contributed by atoms with Gasteiger partial charge in [-0.05, 0) is 16.7 Å². The second-order valence-corrected chi connectivity index (χ2v) is 11.4. The van der Waals surface area contributed by atoms with Gasteiger partial charge in [-0.2, -0.15) is 4.98 Å². The van der Waals surface area contributed by atoms with E-state index in [4.69, 9.17) is 14.5 Å². The average Bonchev–Trinajstić information content (AvgIpc) is 3.62. The van der Waals surface area contributed by atoms with Crippen molar-refractivity contribution in [3.8, 4) is 0 Å². The number of nitrogens with one attached hydrogen (secondary N) is 2. The van der Waals surface area contributed by atoms with Crippen molar-refractivity contribution in [3.05, 3.63) is 124 Å². The smallest absolute Gasteiger partial charge is 0.280 e. The minimum Gasteiger partial charge on any atom is -0.387 e. The molecule has 238 valence electrons. The first-order chi connectivity index (χ1) is 22.3. The van der Waals surface area contributed by atoms with E-state index in [0.29, 0.717) is 0 Å². The van der Waals surface area contributed by atoms with E-state index < -0.39 is 41.6 Å². The highest BCUT2D eigenvalue weighted by molar-refractivity contribution is 5.91. The molecule has 0 aliphatic carbocycles. The van der Waals surface area contributed by atoms with Gasteiger partial charge in [-0.3, -0.25) is 24.5 Å². The van der Waals surface area contributed by atoms with Crippen LogP contribution in [0, 0.1) is 5.92 Å². The fourth-order valence-electron chi connectivity index (χ4n) is 6.17. The summed E-state index contributed by atoms with van der Waals surface area (Å²) in [6.45, 7) is 3.42. The van der Waals surface area contributed by atoms with E-state index in [0.717, 1.165) is 16.7 Å². The number of anilines is 1. The molecule has 12 heteroatoms. The lowest BCUT2D eigenvalue weighted by Gasteiger charge is -2.44. The van der Waals surface area contributed by atoms with Crippen LogP contribution in [0.5, 0.6) is 0 Å². The van der Waals surface area contributed by atoms with E-state index in [1.807, 2.05) is 91.0 Å². The first kappa shape index (κ1) is 31.3. The van der Waals surface area contributed by atoms with E-state index >= 15 is 0 Å². The number of amides is 1. The summed E-state index contributed by atoms with van der Waals surface area (Å²) in [5.41, 5.74) is 0.794. The zero-order valence-corrected chi connectivity index (χ0v) is 25.5. The van der Waals surface area contributed by atoms with Crippen molar-refractivity contribution in [1.82, 2.24) is 19.5 Å². The molecule has 12 nitrogen and oxygen atoms in total. The summed E-state index contributed by atoms with van der Waals surface area (Å²) in [5, 5.41) is 25.8. The van der Waals surface area contributed by atoms with Gasteiger partial charge in [-0.25, -0.2) is 14.8 Å². The van der Waals surface area contributed by atoms with Gasteiger partial charge in [-0.15, -0.1) is 0 Å². The van der Waals surface area contributed by atoms with Crippen molar-refractivity contribution in [1.29, 1.82) is 0 Å². The maximum absolute atomic E-state index is 12.9. The van der Waals surface area contributed by atoms with E-state index in [1.54, 1.807) is 13.8 Å². The third-order valence-corrected chi connectivity index (χ3v) is 8.36. The molecule has 5 atom stereocenters. The molecular formula is C34H35N5O7. The van der Waals surface area contributed by atoms with Crippen LogP contribution in [0.25, 0.3) is 11.2 Å². The predicted octanol–water partition coefficient (Wildman–Crippen LogP) is 3.31. The molecule has 46 heavy (non-hydrogen) atoms. The largest absolute Gasteiger partial charge is 0.387 e. The Morgan fingerprint density at radius 3 is 1.98 bits per heavy atom. The van der Waals surface area contributed by atoms with Gasteiger partial charge in [0, 0.05) is 5.92 Å². The Kier molecular flexibility index (Phi) is 8.80. The normalized spacial score (nSPS) is 20.7. The number of benzene rings is 3. The molecule has 2 aromatic heterocycles. The first-order valence-corrected chi connectivity index (χ1v) is 14.9. The fourth-order valence-corrected chi connectivity index (χ4v) is 6.17. The van der Waals surface area contributed by atoms with Crippen molar-refractivity contribution in [3.63, 3.8) is 0 Å². The van der Waals surface area contributed by atoms with Crippen molar-refractivity contribution in [2.75, 3.05) is 12.4 Å². The Morgan fingerprint density at radius 2 is 1.48 bits per heavy atom. The van der Waals surface area contributed by atoms with Crippen LogP contribution in [-0.2, 0) is 24.7 Å². The van der Waals surface area contributed by atoms with Crippen molar-refractivity contribution in [2.45, 2.75) is 49.9 Å². The summed E-state index contributed by atoms with van der Waals surface area (Å²) in [6.07, 6.45) is -5.17. The highest BCUT2D eigenvalue weighted by Crippen LogP contribution is 2.48. The second-order valence-electron chi connectivity index (χ2n) is 11.4. The molecule has 1 fully saturated rings. The summed E-state index contributed by atoms with van der Waals surface area (Å²) >= 11 is 0. The monoisotopic (exact) mass is 625 g/mol. The average molecular weight is 626 g/mol. The minimum atomic E-state index is -1.50. The summed E-state index contributed by atoms with van der Waals surface area (Å²) in [5.74, 6) is -0.794. The topological polar surface area (TPSA) is 161 Å². The number of carbonyl (C=O) groups is 1. The highest BCUT2D eigenvalue weighted by atomic mass is 17.2. The fraction of sp³-hybridized carbons (Fsp3) is 0.294. The van der Waals surface area contributed by atoms with E-state index in [-0.39, 0.29) is 28.9 Å². The number of rotatable bonds is 10. The molecule has 5 aromatic rings. The van der Waals surface area contributed by atoms with Crippen molar-refractivity contribution >= 4 is 23.0 Å². The Hall–Kier alpha value is -4.72. The van der Waals surface area contributed by atoms with Crippen LogP contribution >= 0.6 is 0 Å². The molecular weight excluding hydrogens is 590 g/mol. The van der Waals surface area contributed by atoms with Gasteiger partial charge in [0.05, 0.1) is 18.9 Å². The van der Waals surface area contributed by atoms with Gasteiger partial charge in [-0.1, -0.05) is 105 Å². The lowest BCUT2D eigenvalue weighted by Crippen LogP contribution is -2.53. The number of carbonyl (C=O) groups excluding carboxylic acids is 1. The maximum Gasteiger partial charge on any atom is 0.280 e. The van der Waals surface area contributed by atoms with Crippen LogP contribution in [0.3, 0.4) is 0 Å². The third kappa shape index (κ3) is 5.40. The molecule has 6 rings (SSSR count). The second kappa shape index (κ2) is 12.9. The van der Waals surface area contributed by atoms with Gasteiger partial charge in [0.15, 0.2) is 17.4 Å². The zero-order chi connectivity index (χ0) is 32.4. The first-order valence-electron chi connectivity index (χ1n) is 14.9. The molecule has 1 saturated heterocycles. The lowest BCUT2D eigenvalue weighted by atomic mass is 9.64. The molecule has 1 unspecified atom stereocenters. The Balaban J connectivity index is 1.49. The number of aliphatic hydroxyl groups is 2. The number of aliphatic hydroxyl groups excluding tert-OH is 2. The van der Waals surface area contributed by atoms with E-state index in [1.165, 1.54) is 18.0 Å². The predicted molar refractivity (Wildman–Crippen MR) is 169 cm³/mol. The summed E-state index contributed by atoms with van der Waals surface area (Å²) in [7, 11) is 1.38. The summed E-state index contributed by atoms with van der Waals surface area (Å²) in [6, 6.07) is 29.0. The Bertz CT molecular complexity index is 1750. The summed E-state index contributed by atoms with van der Waals surface area (Å²) < 4.78 is 7.86. The number of fused-ring (bicyclic) bond motifs is 1. The molecule has 0 saturated carbocycles. The van der Waals surface area contributed by atoms with E-state index in [9.17, 15) is 19.8 Å². The zero-order valence-electron chi connectivity index (χ0n) is 25.5. The Labute approximate surface area is 264 Å². The van der Waals surface area contributed by atoms with E-state index in [2.05, 4.69) is 20.3 Å². The number of H-pyrrole nitrogens is 1. The molecule has 1 amide bonds. The standard InChI is InChI=1S/C34H35N5O7/c1-20(2)30(42)37-33-36-29-24(31(43)38-33)35-19-39(29)32-26(41)25(40)27(45-32)28(46-44-3)34(21-13-7-4-8-14-21,22-15-9-5-10-16-22)23-17-11-6-12-18-23/h4-20,25-28,32,40-41H,1-3H3,(H2,36,37,38,42,43)/t25-,26+,27-,28?,32+/m0/s1. The number of aromatic amines is 1. The van der Waals surface area contributed by atoms with Gasteiger partial charge >= 0.3 is 0 Å². The van der Waals surface area contributed by atoms with Crippen LogP contribution in [0.2, 0.25) is 0 Å². The number of nitrogens with zero attached hydrogens (tertiary/aromatic N) is 3. The van der Waals surface area contributed by atoms with Crippen LogP contribution < -0.4 is 10.9 Å². The number of ether oxygens (including phenoxy) is 1. The van der Waals surface area contributed by atoms with Crippen LogP contribution in [0.4, 0.5) is 5.95 Å². The molecule has 1 aliphatic rings. The maximum atomic E-state index is 12.9. The number of hydrogen-bond acceptors (Lipinski definition) is 9.